The Balaban J connectivity index is 3.73. The van der Waals surface area contributed by atoms with Gasteiger partial charge < -0.3 is 14.6 Å². The number of rotatable bonds is 32. The van der Waals surface area contributed by atoms with Crippen LogP contribution in [0.25, 0.3) is 0 Å². The molecule has 46 heavy (non-hydrogen) atoms. The van der Waals surface area contributed by atoms with E-state index in [0.29, 0.717) is 12.8 Å². The van der Waals surface area contributed by atoms with E-state index in [1.54, 1.807) is 0 Å². The highest BCUT2D eigenvalue weighted by molar-refractivity contribution is 5.70. The van der Waals surface area contributed by atoms with Gasteiger partial charge in [-0.05, 0) is 83.5 Å². The van der Waals surface area contributed by atoms with Gasteiger partial charge in [0.1, 0.15) is 6.61 Å². The normalized spacial score (nSPS) is 13.0. The van der Waals surface area contributed by atoms with Gasteiger partial charge in [0.05, 0.1) is 6.61 Å². The molecule has 1 atom stereocenters. The molecule has 0 saturated heterocycles. The van der Waals surface area contributed by atoms with Crippen molar-refractivity contribution < 1.29 is 24.2 Å². The molecule has 0 aliphatic carbocycles. The van der Waals surface area contributed by atoms with Crippen LogP contribution in [0.1, 0.15) is 155 Å². The first-order valence-corrected chi connectivity index (χ1v) is 18.5. The molecule has 0 heterocycles. The largest absolute Gasteiger partial charge is 0.462 e. The molecule has 0 aromatic carbocycles. The van der Waals surface area contributed by atoms with E-state index in [1.165, 1.54) is 57.8 Å². The number of unbranched alkanes of at least 4 members (excludes halogenated alkanes) is 12. The molecule has 262 valence electrons. The number of carbonyl (C=O) groups excluding carboxylic acids is 2. The second-order valence-corrected chi connectivity index (χ2v) is 11.9. The molecular formula is C41H68O5. The van der Waals surface area contributed by atoms with Gasteiger partial charge in [0.25, 0.3) is 0 Å². The number of hydrogen-bond donors (Lipinski definition) is 1. The van der Waals surface area contributed by atoms with Crippen molar-refractivity contribution in [2.75, 3.05) is 13.2 Å². The van der Waals surface area contributed by atoms with Gasteiger partial charge in [-0.15, -0.1) is 0 Å². The standard InChI is InChI=1S/C41H68O5/c1-3-5-7-9-11-13-15-17-19-20-22-24-26-28-30-32-34-36-41(44)46-39(37-42)38-45-40(43)35-33-31-29-27-25-23-21-18-16-14-12-10-8-6-4-2/h11-14,17-19,21-22,24,28,30,39,42H,3-10,15-16,20,23,25-27,29,31-38H2,1-2H3/b13-11-,14-12-,19-17-,21-18-,24-22-,30-28-/t39-/m0/s1. The van der Waals surface area contributed by atoms with Crippen molar-refractivity contribution in [1.82, 2.24) is 0 Å². The van der Waals surface area contributed by atoms with Crippen LogP contribution < -0.4 is 0 Å². The summed E-state index contributed by atoms with van der Waals surface area (Å²) < 4.78 is 10.5. The molecule has 5 nitrogen and oxygen atoms in total. The van der Waals surface area contributed by atoms with E-state index in [2.05, 4.69) is 86.8 Å². The number of allylic oxidation sites excluding steroid dienone is 12. The van der Waals surface area contributed by atoms with Crippen LogP contribution >= 0.6 is 0 Å². The Labute approximate surface area is 283 Å². The Morgan fingerprint density at radius 3 is 1.37 bits per heavy atom. The van der Waals surface area contributed by atoms with Gasteiger partial charge in [0, 0.05) is 12.8 Å². The minimum atomic E-state index is -0.808. The molecule has 0 saturated carbocycles. The summed E-state index contributed by atoms with van der Waals surface area (Å²) >= 11 is 0. The average molecular weight is 641 g/mol. The number of ether oxygens (including phenoxy) is 2. The maximum atomic E-state index is 12.1. The lowest BCUT2D eigenvalue weighted by atomic mass is 10.1. The molecule has 0 unspecified atom stereocenters. The van der Waals surface area contributed by atoms with E-state index in [-0.39, 0.29) is 31.6 Å². The number of carbonyl (C=O) groups is 2. The smallest absolute Gasteiger partial charge is 0.306 e. The van der Waals surface area contributed by atoms with E-state index in [4.69, 9.17) is 9.47 Å². The van der Waals surface area contributed by atoms with Gasteiger partial charge in [-0.25, -0.2) is 0 Å². The maximum absolute atomic E-state index is 12.1. The van der Waals surface area contributed by atoms with Gasteiger partial charge in [0.15, 0.2) is 6.10 Å². The lowest BCUT2D eigenvalue weighted by Gasteiger charge is -2.15. The zero-order valence-electron chi connectivity index (χ0n) is 29.6. The van der Waals surface area contributed by atoms with Crippen LogP contribution in [0.5, 0.6) is 0 Å². The fourth-order valence-electron chi connectivity index (χ4n) is 4.63. The Hall–Kier alpha value is -2.66. The third-order valence-electron chi connectivity index (χ3n) is 7.47. The highest BCUT2D eigenvalue weighted by Gasteiger charge is 2.15. The zero-order chi connectivity index (χ0) is 33.6. The fourth-order valence-corrected chi connectivity index (χ4v) is 4.63. The van der Waals surface area contributed by atoms with Gasteiger partial charge in [0.2, 0.25) is 0 Å². The van der Waals surface area contributed by atoms with Crippen LogP contribution in [0.3, 0.4) is 0 Å². The SMILES string of the molecule is CCCCC/C=C\C/C=C\C/C=C\C/C=C\CCCC(=O)O[C@@H](CO)COC(=O)CCCCCCC/C=C\C/C=C\CCCCC. The summed E-state index contributed by atoms with van der Waals surface area (Å²) in [6, 6.07) is 0. The predicted octanol–water partition coefficient (Wildman–Crippen LogP) is 11.4. The third kappa shape index (κ3) is 34.2. The van der Waals surface area contributed by atoms with Gasteiger partial charge in [-0.1, -0.05) is 132 Å². The lowest BCUT2D eigenvalue weighted by Crippen LogP contribution is -2.28. The minimum absolute atomic E-state index is 0.0987. The second-order valence-electron chi connectivity index (χ2n) is 11.9. The average Bonchev–Trinajstić information content (AvgIpc) is 3.06. The molecule has 0 aliphatic rings. The highest BCUT2D eigenvalue weighted by Crippen LogP contribution is 2.10. The van der Waals surface area contributed by atoms with Crippen molar-refractivity contribution in [2.45, 2.75) is 161 Å². The van der Waals surface area contributed by atoms with Crippen LogP contribution in [0.2, 0.25) is 0 Å². The molecule has 0 bridgehead atoms. The first-order chi connectivity index (χ1) is 22.6. The molecule has 0 aromatic heterocycles. The molecule has 0 fully saturated rings. The lowest BCUT2D eigenvalue weighted by molar-refractivity contribution is -0.161. The molecule has 1 N–H and O–H groups in total. The molecule has 0 amide bonds. The van der Waals surface area contributed by atoms with E-state index in [0.717, 1.165) is 64.2 Å². The topological polar surface area (TPSA) is 72.8 Å². The first-order valence-electron chi connectivity index (χ1n) is 18.5. The monoisotopic (exact) mass is 641 g/mol. The van der Waals surface area contributed by atoms with Crippen molar-refractivity contribution in [2.24, 2.45) is 0 Å². The molecule has 0 rings (SSSR count). The van der Waals surface area contributed by atoms with Gasteiger partial charge >= 0.3 is 11.9 Å². The second kappa shape index (κ2) is 36.8. The molecular weight excluding hydrogens is 572 g/mol. The molecule has 0 spiro atoms. The van der Waals surface area contributed by atoms with E-state index in [1.807, 2.05) is 0 Å². The Morgan fingerprint density at radius 2 is 0.891 bits per heavy atom. The van der Waals surface area contributed by atoms with Crippen molar-refractivity contribution in [3.63, 3.8) is 0 Å². The Bertz CT molecular complexity index is 864. The van der Waals surface area contributed by atoms with Crippen LogP contribution in [0.4, 0.5) is 0 Å². The van der Waals surface area contributed by atoms with Gasteiger partial charge in [-0.3, -0.25) is 9.59 Å². The Morgan fingerprint density at radius 1 is 0.500 bits per heavy atom. The summed E-state index contributed by atoms with van der Waals surface area (Å²) in [6.45, 7) is 4.00. The molecule has 0 aromatic rings. The van der Waals surface area contributed by atoms with E-state index >= 15 is 0 Å². The molecule has 0 radical (unpaired) electrons. The van der Waals surface area contributed by atoms with E-state index in [9.17, 15) is 14.7 Å². The van der Waals surface area contributed by atoms with Crippen LogP contribution in [-0.2, 0) is 19.1 Å². The third-order valence-corrected chi connectivity index (χ3v) is 7.47. The number of esters is 2. The number of aliphatic hydroxyl groups excluding tert-OH is 1. The zero-order valence-corrected chi connectivity index (χ0v) is 29.6. The van der Waals surface area contributed by atoms with Gasteiger partial charge in [-0.2, -0.15) is 0 Å². The van der Waals surface area contributed by atoms with Crippen molar-refractivity contribution in [3.8, 4) is 0 Å². The predicted molar refractivity (Wildman–Crippen MR) is 196 cm³/mol. The van der Waals surface area contributed by atoms with Crippen LogP contribution in [0, 0.1) is 0 Å². The van der Waals surface area contributed by atoms with Crippen molar-refractivity contribution >= 4 is 11.9 Å². The number of hydrogen-bond acceptors (Lipinski definition) is 5. The van der Waals surface area contributed by atoms with Crippen LogP contribution in [0.15, 0.2) is 72.9 Å². The Kier molecular flexibility index (Phi) is 34.7. The summed E-state index contributed by atoms with van der Waals surface area (Å²) in [5.74, 6) is -0.680. The van der Waals surface area contributed by atoms with Crippen LogP contribution in [-0.4, -0.2) is 36.4 Å². The fraction of sp³-hybridized carbons (Fsp3) is 0.659. The minimum Gasteiger partial charge on any atom is -0.462 e. The summed E-state index contributed by atoms with van der Waals surface area (Å²) in [6.07, 6.45) is 48.1. The van der Waals surface area contributed by atoms with E-state index < -0.39 is 6.10 Å². The number of aliphatic hydroxyl groups is 1. The summed E-state index contributed by atoms with van der Waals surface area (Å²) in [7, 11) is 0. The maximum Gasteiger partial charge on any atom is 0.306 e. The van der Waals surface area contributed by atoms with Crippen molar-refractivity contribution in [1.29, 1.82) is 0 Å². The summed E-state index contributed by atoms with van der Waals surface area (Å²) in [5.41, 5.74) is 0. The molecule has 0 aliphatic heterocycles. The summed E-state index contributed by atoms with van der Waals surface area (Å²) in [5, 5.41) is 9.52. The molecule has 5 heteroatoms. The quantitative estimate of drug-likeness (QED) is 0.0450. The van der Waals surface area contributed by atoms with Crippen molar-refractivity contribution in [3.05, 3.63) is 72.9 Å². The highest BCUT2D eigenvalue weighted by atomic mass is 16.6. The first kappa shape index (κ1) is 43.3. The summed E-state index contributed by atoms with van der Waals surface area (Å²) in [4.78, 5) is 24.2.